The van der Waals surface area contributed by atoms with Crippen molar-refractivity contribution in [1.29, 1.82) is 5.26 Å². The van der Waals surface area contributed by atoms with Gasteiger partial charge in [-0.25, -0.2) is 9.97 Å². The van der Waals surface area contributed by atoms with Crippen LogP contribution in [0.1, 0.15) is 5.82 Å². The Bertz CT molecular complexity index is 414. The van der Waals surface area contributed by atoms with Gasteiger partial charge >= 0.3 is 0 Å². The van der Waals surface area contributed by atoms with Crippen LogP contribution in [0.5, 0.6) is 0 Å². The van der Waals surface area contributed by atoms with Crippen molar-refractivity contribution in [2.75, 3.05) is 37.6 Å². The first kappa shape index (κ1) is 12.1. The molecule has 1 aliphatic rings. The summed E-state index contributed by atoms with van der Waals surface area (Å²) in [4.78, 5) is 12.7. The van der Waals surface area contributed by atoms with E-state index in [0.717, 1.165) is 32.0 Å². The molecule has 0 spiro atoms. The molecule has 5 nitrogen and oxygen atoms in total. The molecule has 0 aliphatic carbocycles. The molecular weight excluding hydrogens is 238 g/mol. The fourth-order valence-electron chi connectivity index (χ4n) is 1.91. The predicted molar refractivity (Wildman–Crippen MR) is 66.0 cm³/mol. The number of hydrogen-bond donors (Lipinski definition) is 0. The minimum absolute atomic E-state index is 0.479. The molecule has 6 heteroatoms. The molecular formula is C11H14ClN5. The average molecular weight is 252 g/mol. The van der Waals surface area contributed by atoms with Gasteiger partial charge in [-0.05, 0) is 6.92 Å². The summed E-state index contributed by atoms with van der Waals surface area (Å²) in [6.07, 6.45) is 0. The zero-order chi connectivity index (χ0) is 12.3. The molecule has 1 aromatic rings. The SMILES string of the molecule is Cc1nc(Cl)cc(N2CCN(CC#N)CC2)n1. The van der Waals surface area contributed by atoms with Gasteiger partial charge in [0.1, 0.15) is 16.8 Å². The lowest BCUT2D eigenvalue weighted by atomic mass is 10.3. The van der Waals surface area contributed by atoms with Crippen molar-refractivity contribution in [2.45, 2.75) is 6.92 Å². The topological polar surface area (TPSA) is 56.1 Å². The van der Waals surface area contributed by atoms with Crippen LogP contribution < -0.4 is 4.90 Å². The van der Waals surface area contributed by atoms with E-state index in [-0.39, 0.29) is 0 Å². The van der Waals surface area contributed by atoms with Crippen LogP contribution in [0.15, 0.2) is 6.07 Å². The minimum atomic E-state index is 0.479. The molecule has 0 atom stereocenters. The van der Waals surface area contributed by atoms with Gasteiger partial charge in [0.15, 0.2) is 0 Å². The highest BCUT2D eigenvalue weighted by Crippen LogP contribution is 2.17. The number of halogens is 1. The quantitative estimate of drug-likeness (QED) is 0.582. The number of nitrogens with zero attached hydrogens (tertiary/aromatic N) is 5. The van der Waals surface area contributed by atoms with E-state index >= 15 is 0 Å². The molecule has 2 rings (SSSR count). The molecule has 0 saturated carbocycles. The van der Waals surface area contributed by atoms with Crippen LogP contribution in [-0.4, -0.2) is 47.6 Å². The first-order chi connectivity index (χ1) is 8.19. The maximum atomic E-state index is 8.63. The van der Waals surface area contributed by atoms with Gasteiger partial charge in [0.25, 0.3) is 0 Å². The van der Waals surface area contributed by atoms with Gasteiger partial charge in [-0.2, -0.15) is 5.26 Å². The summed E-state index contributed by atoms with van der Waals surface area (Å²) >= 11 is 5.92. The number of aromatic nitrogens is 2. The van der Waals surface area contributed by atoms with Gasteiger partial charge in [0.05, 0.1) is 12.6 Å². The highest BCUT2D eigenvalue weighted by molar-refractivity contribution is 6.29. The zero-order valence-corrected chi connectivity index (χ0v) is 10.5. The molecule has 1 fully saturated rings. The molecule has 0 unspecified atom stereocenters. The number of hydrogen-bond acceptors (Lipinski definition) is 5. The van der Waals surface area contributed by atoms with Crippen molar-refractivity contribution >= 4 is 17.4 Å². The van der Waals surface area contributed by atoms with Gasteiger partial charge in [0.2, 0.25) is 0 Å². The Balaban J connectivity index is 2.03. The molecule has 2 heterocycles. The van der Waals surface area contributed by atoms with Crippen LogP contribution in [0.25, 0.3) is 0 Å². The Kier molecular flexibility index (Phi) is 3.77. The number of piperazine rings is 1. The largest absolute Gasteiger partial charge is 0.354 e. The van der Waals surface area contributed by atoms with E-state index in [9.17, 15) is 0 Å². The highest BCUT2D eigenvalue weighted by atomic mass is 35.5. The lowest BCUT2D eigenvalue weighted by molar-refractivity contribution is 0.286. The van der Waals surface area contributed by atoms with Gasteiger partial charge in [-0.3, -0.25) is 4.90 Å². The van der Waals surface area contributed by atoms with Crippen LogP contribution in [0.4, 0.5) is 5.82 Å². The molecule has 1 saturated heterocycles. The first-order valence-corrected chi connectivity index (χ1v) is 5.92. The molecule has 0 aromatic carbocycles. The van der Waals surface area contributed by atoms with E-state index < -0.39 is 0 Å². The molecule has 0 amide bonds. The van der Waals surface area contributed by atoms with E-state index in [1.54, 1.807) is 6.07 Å². The van der Waals surface area contributed by atoms with Gasteiger partial charge < -0.3 is 4.90 Å². The molecule has 1 aromatic heterocycles. The predicted octanol–water partition coefficient (Wildman–Crippen LogP) is 1.08. The Morgan fingerprint density at radius 3 is 2.65 bits per heavy atom. The summed E-state index contributed by atoms with van der Waals surface area (Å²) in [5.41, 5.74) is 0. The maximum Gasteiger partial charge on any atom is 0.134 e. The van der Waals surface area contributed by atoms with Crippen molar-refractivity contribution < 1.29 is 0 Å². The number of anilines is 1. The van der Waals surface area contributed by atoms with E-state index in [1.807, 2.05) is 6.92 Å². The Morgan fingerprint density at radius 2 is 2.06 bits per heavy atom. The first-order valence-electron chi connectivity index (χ1n) is 5.54. The number of rotatable bonds is 2. The second-order valence-corrected chi connectivity index (χ2v) is 4.40. The fraction of sp³-hybridized carbons (Fsp3) is 0.545. The van der Waals surface area contributed by atoms with Crippen molar-refractivity contribution in [3.05, 3.63) is 17.0 Å². The normalized spacial score (nSPS) is 16.9. The summed E-state index contributed by atoms with van der Waals surface area (Å²) in [7, 11) is 0. The number of aryl methyl sites for hydroxylation is 1. The van der Waals surface area contributed by atoms with E-state index in [0.29, 0.717) is 17.5 Å². The van der Waals surface area contributed by atoms with Gasteiger partial charge in [0, 0.05) is 32.2 Å². The Labute approximate surface area is 106 Å². The van der Waals surface area contributed by atoms with E-state index in [2.05, 4.69) is 25.8 Å². The third-order valence-corrected chi connectivity index (χ3v) is 2.98. The lowest BCUT2D eigenvalue weighted by Crippen LogP contribution is -2.46. The van der Waals surface area contributed by atoms with Crippen molar-refractivity contribution in [1.82, 2.24) is 14.9 Å². The molecule has 0 bridgehead atoms. The maximum absolute atomic E-state index is 8.63. The van der Waals surface area contributed by atoms with Crippen LogP contribution >= 0.6 is 11.6 Å². The second kappa shape index (κ2) is 5.30. The smallest absolute Gasteiger partial charge is 0.134 e. The van der Waals surface area contributed by atoms with Crippen molar-refractivity contribution in [3.8, 4) is 6.07 Å². The summed E-state index contributed by atoms with van der Waals surface area (Å²) in [6, 6.07) is 3.96. The standard InChI is InChI=1S/C11H14ClN5/c1-9-14-10(12)8-11(15-9)17-6-4-16(3-2-13)5-7-17/h8H,3-7H2,1H3. The summed E-state index contributed by atoms with van der Waals surface area (Å²) in [5, 5.41) is 9.11. The third-order valence-electron chi connectivity index (χ3n) is 2.78. The van der Waals surface area contributed by atoms with Gasteiger partial charge in [-0.15, -0.1) is 0 Å². The summed E-state index contributed by atoms with van der Waals surface area (Å²) in [6.45, 7) is 5.84. The van der Waals surface area contributed by atoms with Crippen LogP contribution in [0.2, 0.25) is 5.15 Å². The molecule has 0 N–H and O–H groups in total. The molecule has 17 heavy (non-hydrogen) atoms. The minimum Gasteiger partial charge on any atom is -0.354 e. The Hall–Kier alpha value is -1.38. The Morgan fingerprint density at radius 1 is 1.35 bits per heavy atom. The lowest BCUT2D eigenvalue weighted by Gasteiger charge is -2.34. The zero-order valence-electron chi connectivity index (χ0n) is 9.73. The average Bonchev–Trinajstić information content (AvgIpc) is 2.29. The fourth-order valence-corrected chi connectivity index (χ4v) is 2.13. The van der Waals surface area contributed by atoms with Crippen LogP contribution in [0.3, 0.4) is 0 Å². The highest BCUT2D eigenvalue weighted by Gasteiger charge is 2.18. The molecule has 90 valence electrons. The van der Waals surface area contributed by atoms with Crippen molar-refractivity contribution in [3.63, 3.8) is 0 Å². The molecule has 0 radical (unpaired) electrons. The summed E-state index contributed by atoms with van der Waals surface area (Å²) < 4.78 is 0. The number of nitriles is 1. The summed E-state index contributed by atoms with van der Waals surface area (Å²) in [5.74, 6) is 1.56. The molecule has 1 aliphatic heterocycles. The van der Waals surface area contributed by atoms with E-state index in [4.69, 9.17) is 16.9 Å². The monoisotopic (exact) mass is 251 g/mol. The van der Waals surface area contributed by atoms with Crippen molar-refractivity contribution in [2.24, 2.45) is 0 Å². The van der Waals surface area contributed by atoms with Crippen LogP contribution in [-0.2, 0) is 0 Å². The van der Waals surface area contributed by atoms with Crippen LogP contribution in [0, 0.1) is 18.3 Å². The van der Waals surface area contributed by atoms with E-state index in [1.165, 1.54) is 0 Å². The van der Waals surface area contributed by atoms with Gasteiger partial charge in [-0.1, -0.05) is 11.6 Å². The third kappa shape index (κ3) is 3.05. The second-order valence-electron chi connectivity index (χ2n) is 4.02.